The first kappa shape index (κ1) is 13.8. The van der Waals surface area contributed by atoms with Gasteiger partial charge in [0.2, 0.25) is 0 Å². The van der Waals surface area contributed by atoms with Crippen LogP contribution in [0.2, 0.25) is 0 Å². The van der Waals surface area contributed by atoms with Crippen molar-refractivity contribution in [2.45, 2.75) is 0 Å². The van der Waals surface area contributed by atoms with Crippen LogP contribution in [0.25, 0.3) is 21.1 Å². The second kappa shape index (κ2) is 5.68. The average Bonchev–Trinajstić information content (AvgIpc) is 2.89. The Kier molecular flexibility index (Phi) is 3.73. The molecule has 0 amide bonds. The summed E-state index contributed by atoms with van der Waals surface area (Å²) in [6.07, 6.45) is 4.27. The van der Waals surface area contributed by atoms with Crippen molar-refractivity contribution in [3.63, 3.8) is 0 Å². The summed E-state index contributed by atoms with van der Waals surface area (Å²) >= 11 is 4.74. The van der Waals surface area contributed by atoms with Crippen LogP contribution in [0.4, 0.5) is 4.39 Å². The summed E-state index contributed by atoms with van der Waals surface area (Å²) < 4.78 is 13.8. The first-order valence-electron chi connectivity index (χ1n) is 5.81. The van der Waals surface area contributed by atoms with Crippen molar-refractivity contribution in [1.29, 1.82) is 5.26 Å². The Hall–Kier alpha value is -2.17. The molecule has 0 saturated carbocycles. The first-order chi connectivity index (χ1) is 10.2. The molecule has 3 rings (SSSR count). The molecule has 0 fully saturated rings. The summed E-state index contributed by atoms with van der Waals surface area (Å²) in [7, 11) is 0. The third-order valence-corrected chi connectivity index (χ3v) is 4.62. The highest BCUT2D eigenvalue weighted by molar-refractivity contribution is 9.10. The van der Waals surface area contributed by atoms with Crippen LogP contribution in [0.1, 0.15) is 5.56 Å². The third kappa shape index (κ3) is 2.82. The van der Waals surface area contributed by atoms with Gasteiger partial charge in [0.1, 0.15) is 15.4 Å². The van der Waals surface area contributed by atoms with Crippen LogP contribution in [-0.4, -0.2) is 15.0 Å². The van der Waals surface area contributed by atoms with Gasteiger partial charge >= 0.3 is 0 Å². The Morgan fingerprint density at radius 1 is 1.29 bits per heavy atom. The fourth-order valence-corrected chi connectivity index (χ4v) is 3.38. The molecule has 7 heteroatoms. The van der Waals surface area contributed by atoms with Gasteiger partial charge < -0.3 is 0 Å². The van der Waals surface area contributed by atoms with Crippen molar-refractivity contribution in [2.75, 3.05) is 0 Å². The molecule has 0 radical (unpaired) electrons. The summed E-state index contributed by atoms with van der Waals surface area (Å²) in [6.45, 7) is 0. The molecule has 21 heavy (non-hydrogen) atoms. The van der Waals surface area contributed by atoms with Gasteiger partial charge in [-0.25, -0.2) is 9.37 Å². The second-order valence-electron chi connectivity index (χ2n) is 4.07. The SMILES string of the molecule is N#Cc1ccnc(-c2sc(-c3cncc(F)c3)nc2Br)c1. The summed E-state index contributed by atoms with van der Waals surface area (Å²) in [4.78, 5) is 13.2. The number of nitriles is 1. The van der Waals surface area contributed by atoms with E-state index in [4.69, 9.17) is 5.26 Å². The first-order valence-corrected chi connectivity index (χ1v) is 7.42. The van der Waals surface area contributed by atoms with Gasteiger partial charge in [0.15, 0.2) is 0 Å². The Labute approximate surface area is 132 Å². The number of nitrogens with zero attached hydrogens (tertiary/aromatic N) is 4. The number of halogens is 2. The summed E-state index contributed by atoms with van der Waals surface area (Å²) in [5, 5.41) is 9.57. The lowest BCUT2D eigenvalue weighted by atomic mass is 10.2. The van der Waals surface area contributed by atoms with Crippen LogP contribution >= 0.6 is 27.3 Å². The monoisotopic (exact) mass is 360 g/mol. The van der Waals surface area contributed by atoms with Crippen LogP contribution in [-0.2, 0) is 0 Å². The zero-order chi connectivity index (χ0) is 14.8. The molecule has 3 aromatic rings. The van der Waals surface area contributed by atoms with Gasteiger partial charge in [0.05, 0.1) is 28.4 Å². The molecule has 3 aromatic heterocycles. The maximum absolute atomic E-state index is 13.2. The van der Waals surface area contributed by atoms with E-state index >= 15 is 0 Å². The average molecular weight is 361 g/mol. The maximum Gasteiger partial charge on any atom is 0.142 e. The predicted molar refractivity (Wildman–Crippen MR) is 80.9 cm³/mol. The van der Waals surface area contributed by atoms with Gasteiger partial charge in [-0.1, -0.05) is 0 Å². The molecular weight excluding hydrogens is 355 g/mol. The quantitative estimate of drug-likeness (QED) is 0.691. The normalized spacial score (nSPS) is 10.3. The predicted octanol–water partition coefficient (Wildman–Crippen LogP) is 4.04. The Bertz CT molecular complexity index is 856. The minimum Gasteiger partial charge on any atom is -0.261 e. The molecule has 0 aliphatic rings. The number of rotatable bonds is 2. The number of hydrogen-bond acceptors (Lipinski definition) is 5. The van der Waals surface area contributed by atoms with Crippen molar-refractivity contribution in [1.82, 2.24) is 15.0 Å². The lowest BCUT2D eigenvalue weighted by molar-refractivity contribution is 0.622. The summed E-state index contributed by atoms with van der Waals surface area (Å²) in [6, 6.07) is 6.77. The van der Waals surface area contributed by atoms with Crippen molar-refractivity contribution in [3.05, 3.63) is 52.8 Å². The summed E-state index contributed by atoms with van der Waals surface area (Å²) in [5.74, 6) is -0.412. The number of pyridine rings is 2. The Morgan fingerprint density at radius 2 is 2.14 bits per heavy atom. The molecule has 0 aliphatic heterocycles. The highest BCUT2D eigenvalue weighted by atomic mass is 79.9. The molecule has 0 aromatic carbocycles. The van der Waals surface area contributed by atoms with Crippen LogP contribution in [0.5, 0.6) is 0 Å². The molecule has 0 bridgehead atoms. The fourth-order valence-electron chi connectivity index (χ4n) is 1.74. The van der Waals surface area contributed by atoms with E-state index in [0.29, 0.717) is 26.4 Å². The highest BCUT2D eigenvalue weighted by Gasteiger charge is 2.14. The van der Waals surface area contributed by atoms with Gasteiger partial charge in [-0.3, -0.25) is 9.97 Å². The molecule has 0 aliphatic carbocycles. The molecular formula is C14H6BrFN4S. The van der Waals surface area contributed by atoms with E-state index in [1.165, 1.54) is 17.4 Å². The zero-order valence-corrected chi connectivity index (χ0v) is 12.8. The Balaban J connectivity index is 2.08. The van der Waals surface area contributed by atoms with E-state index in [0.717, 1.165) is 11.1 Å². The molecule has 3 heterocycles. The molecule has 0 atom stereocenters. The zero-order valence-electron chi connectivity index (χ0n) is 10.4. The number of aromatic nitrogens is 3. The van der Waals surface area contributed by atoms with Crippen molar-refractivity contribution in [2.24, 2.45) is 0 Å². The largest absolute Gasteiger partial charge is 0.261 e. The minimum absolute atomic E-state index is 0.412. The van der Waals surface area contributed by atoms with E-state index < -0.39 is 5.82 Å². The fraction of sp³-hybridized carbons (Fsp3) is 0. The standard InChI is InChI=1S/C14H6BrFN4S/c15-13-12(11-3-8(5-17)1-2-19-11)21-14(20-13)9-4-10(16)7-18-6-9/h1-4,6-7H. The molecule has 0 unspecified atom stereocenters. The molecule has 4 nitrogen and oxygen atoms in total. The third-order valence-electron chi connectivity index (χ3n) is 2.66. The molecule has 102 valence electrons. The van der Waals surface area contributed by atoms with E-state index in [2.05, 4.69) is 37.0 Å². The molecule has 0 saturated heterocycles. The van der Waals surface area contributed by atoms with E-state index in [-0.39, 0.29) is 0 Å². The molecule has 0 N–H and O–H groups in total. The number of thiazole rings is 1. The van der Waals surface area contributed by atoms with E-state index in [1.807, 2.05) is 0 Å². The van der Waals surface area contributed by atoms with Crippen LogP contribution in [0.3, 0.4) is 0 Å². The number of hydrogen-bond donors (Lipinski definition) is 0. The minimum atomic E-state index is -0.412. The van der Waals surface area contributed by atoms with Gasteiger partial charge in [0, 0.05) is 18.0 Å². The van der Waals surface area contributed by atoms with Gasteiger partial charge in [-0.2, -0.15) is 5.26 Å². The lowest BCUT2D eigenvalue weighted by Gasteiger charge is -1.97. The van der Waals surface area contributed by atoms with E-state index in [9.17, 15) is 4.39 Å². The van der Waals surface area contributed by atoms with Crippen LogP contribution in [0.15, 0.2) is 41.4 Å². The second-order valence-corrected chi connectivity index (χ2v) is 5.82. The van der Waals surface area contributed by atoms with Gasteiger partial charge in [-0.15, -0.1) is 11.3 Å². The smallest absolute Gasteiger partial charge is 0.142 e. The lowest BCUT2D eigenvalue weighted by Crippen LogP contribution is -1.82. The van der Waals surface area contributed by atoms with Gasteiger partial charge in [0.25, 0.3) is 0 Å². The maximum atomic E-state index is 13.2. The van der Waals surface area contributed by atoms with Gasteiger partial charge in [-0.05, 0) is 34.1 Å². The Morgan fingerprint density at radius 3 is 2.90 bits per heavy atom. The van der Waals surface area contributed by atoms with E-state index in [1.54, 1.807) is 24.5 Å². The van der Waals surface area contributed by atoms with Crippen molar-refractivity contribution < 1.29 is 4.39 Å². The topological polar surface area (TPSA) is 62.5 Å². The van der Waals surface area contributed by atoms with Crippen molar-refractivity contribution in [3.8, 4) is 27.2 Å². The highest BCUT2D eigenvalue weighted by Crippen LogP contribution is 2.37. The van der Waals surface area contributed by atoms with Crippen molar-refractivity contribution >= 4 is 27.3 Å². The van der Waals surface area contributed by atoms with Crippen LogP contribution < -0.4 is 0 Å². The molecule has 0 spiro atoms. The summed E-state index contributed by atoms with van der Waals surface area (Å²) in [5.41, 5.74) is 1.77. The van der Waals surface area contributed by atoms with Crippen LogP contribution in [0, 0.1) is 17.1 Å².